The van der Waals surface area contributed by atoms with E-state index in [1.807, 2.05) is 32.0 Å². The van der Waals surface area contributed by atoms with E-state index >= 15 is 0 Å². The number of piperidine rings is 1. The van der Waals surface area contributed by atoms with Gasteiger partial charge in [0.25, 0.3) is 0 Å². The molecule has 0 radical (unpaired) electrons. The molecule has 7 nitrogen and oxygen atoms in total. The fourth-order valence-electron chi connectivity index (χ4n) is 3.73. The van der Waals surface area contributed by atoms with Crippen molar-refractivity contribution in [2.24, 2.45) is 0 Å². The molecule has 1 aliphatic rings. The highest BCUT2D eigenvalue weighted by Gasteiger charge is 2.37. The van der Waals surface area contributed by atoms with Crippen LogP contribution in [0.5, 0.6) is 0 Å². The number of nitrogens with zero attached hydrogens (tertiary/aromatic N) is 4. The fourth-order valence-corrected chi connectivity index (χ4v) is 5.39. The third-order valence-electron chi connectivity index (χ3n) is 5.23. The molecule has 0 saturated carbocycles. The van der Waals surface area contributed by atoms with Gasteiger partial charge in [0, 0.05) is 18.8 Å². The van der Waals surface area contributed by atoms with Crippen LogP contribution in [0.2, 0.25) is 0 Å². The summed E-state index contributed by atoms with van der Waals surface area (Å²) in [6.07, 6.45) is 4.15. The molecule has 0 amide bonds. The Bertz CT molecular complexity index is 1120. The Hall–Kier alpha value is -2.58. The number of hydrogen-bond donors (Lipinski definition) is 0. The quantitative estimate of drug-likeness (QED) is 0.644. The van der Waals surface area contributed by atoms with Crippen LogP contribution in [-0.4, -0.2) is 34.4 Å². The van der Waals surface area contributed by atoms with Crippen molar-refractivity contribution in [2.45, 2.75) is 51.0 Å². The summed E-state index contributed by atoms with van der Waals surface area (Å²) < 4.78 is 34.0. The molecule has 152 valence electrons. The van der Waals surface area contributed by atoms with Gasteiger partial charge in [-0.05, 0) is 45.7 Å². The highest BCUT2D eigenvalue weighted by Crippen LogP contribution is 2.38. The van der Waals surface area contributed by atoms with E-state index in [0.717, 1.165) is 24.1 Å². The van der Waals surface area contributed by atoms with Gasteiger partial charge >= 0.3 is 0 Å². The zero-order valence-electron chi connectivity index (χ0n) is 16.8. The zero-order valence-corrected chi connectivity index (χ0v) is 17.6. The second-order valence-corrected chi connectivity index (χ2v) is 9.38. The SMILES string of the molecule is Cc1ccc(S(=O)(=O)N2CCCC[C@H]2c2nc(C)ncc2-c2cc(C)no2)cc1. The first kappa shape index (κ1) is 19.7. The van der Waals surface area contributed by atoms with Crippen molar-refractivity contribution in [1.82, 2.24) is 19.4 Å². The van der Waals surface area contributed by atoms with Gasteiger partial charge in [0.2, 0.25) is 10.0 Å². The van der Waals surface area contributed by atoms with Crippen LogP contribution in [0.15, 0.2) is 45.9 Å². The van der Waals surface area contributed by atoms with Gasteiger partial charge in [0.05, 0.1) is 27.9 Å². The molecule has 0 N–H and O–H groups in total. The second-order valence-electron chi connectivity index (χ2n) is 7.49. The summed E-state index contributed by atoms with van der Waals surface area (Å²) in [5, 5.41) is 3.96. The molecule has 0 unspecified atom stereocenters. The van der Waals surface area contributed by atoms with Gasteiger partial charge in [-0.3, -0.25) is 0 Å². The van der Waals surface area contributed by atoms with Crippen LogP contribution in [0.3, 0.4) is 0 Å². The predicted molar refractivity (Wildman–Crippen MR) is 109 cm³/mol. The minimum absolute atomic E-state index is 0.304. The largest absolute Gasteiger partial charge is 0.356 e. The molecule has 4 rings (SSSR count). The lowest BCUT2D eigenvalue weighted by molar-refractivity contribution is 0.251. The Morgan fingerprint density at radius 2 is 1.86 bits per heavy atom. The molecule has 3 heterocycles. The maximum atomic E-state index is 13.5. The molecule has 0 aliphatic carbocycles. The van der Waals surface area contributed by atoms with Crippen LogP contribution in [-0.2, 0) is 10.0 Å². The molecular formula is C21H24N4O3S. The van der Waals surface area contributed by atoms with Crippen LogP contribution >= 0.6 is 0 Å². The molecule has 8 heteroatoms. The van der Waals surface area contributed by atoms with Crippen molar-refractivity contribution in [1.29, 1.82) is 0 Å². The summed E-state index contributed by atoms with van der Waals surface area (Å²) in [6, 6.07) is 8.42. The summed E-state index contributed by atoms with van der Waals surface area (Å²) in [5.74, 6) is 1.15. The van der Waals surface area contributed by atoms with Crippen LogP contribution in [0.25, 0.3) is 11.3 Å². The highest BCUT2D eigenvalue weighted by atomic mass is 32.2. The van der Waals surface area contributed by atoms with Crippen molar-refractivity contribution in [3.63, 3.8) is 0 Å². The van der Waals surface area contributed by atoms with Crippen molar-refractivity contribution in [3.8, 4) is 11.3 Å². The van der Waals surface area contributed by atoms with Gasteiger partial charge in [-0.25, -0.2) is 18.4 Å². The number of benzene rings is 1. The van der Waals surface area contributed by atoms with E-state index in [9.17, 15) is 8.42 Å². The summed E-state index contributed by atoms with van der Waals surface area (Å²) >= 11 is 0. The van der Waals surface area contributed by atoms with Gasteiger partial charge in [0.1, 0.15) is 5.82 Å². The van der Waals surface area contributed by atoms with E-state index in [1.165, 1.54) is 0 Å². The van der Waals surface area contributed by atoms with Gasteiger partial charge < -0.3 is 4.52 Å². The molecule has 1 aromatic carbocycles. The van der Waals surface area contributed by atoms with E-state index in [4.69, 9.17) is 4.52 Å². The number of hydrogen-bond acceptors (Lipinski definition) is 6. The summed E-state index contributed by atoms with van der Waals surface area (Å²) in [6.45, 7) is 6.05. The van der Waals surface area contributed by atoms with Crippen molar-refractivity contribution in [2.75, 3.05) is 6.54 Å². The van der Waals surface area contributed by atoms with Gasteiger partial charge in [-0.2, -0.15) is 4.31 Å². The Morgan fingerprint density at radius 3 is 2.55 bits per heavy atom. The molecule has 29 heavy (non-hydrogen) atoms. The fraction of sp³-hybridized carbons (Fsp3) is 0.381. The first-order valence-corrected chi connectivity index (χ1v) is 11.2. The molecule has 3 aromatic rings. The zero-order chi connectivity index (χ0) is 20.6. The number of sulfonamides is 1. The molecule has 2 aromatic heterocycles. The Morgan fingerprint density at radius 1 is 1.10 bits per heavy atom. The number of rotatable bonds is 4. The van der Waals surface area contributed by atoms with Crippen molar-refractivity contribution >= 4 is 10.0 Å². The van der Waals surface area contributed by atoms with Crippen molar-refractivity contribution < 1.29 is 12.9 Å². The predicted octanol–water partition coefficient (Wildman–Crippen LogP) is 3.97. The Kier molecular flexibility index (Phi) is 5.23. The monoisotopic (exact) mass is 412 g/mol. The highest BCUT2D eigenvalue weighted by molar-refractivity contribution is 7.89. The lowest BCUT2D eigenvalue weighted by Crippen LogP contribution is -2.39. The summed E-state index contributed by atoms with van der Waals surface area (Å²) in [4.78, 5) is 9.26. The molecule has 0 bridgehead atoms. The van der Waals surface area contributed by atoms with Crippen LogP contribution in [0, 0.1) is 20.8 Å². The molecule has 1 saturated heterocycles. The Labute approximate surface area is 170 Å². The standard InChI is InChI=1S/C21H24N4O3S/c1-14-7-9-17(10-8-14)29(26,27)25-11-5-4-6-19(25)21-18(13-22-16(3)23-21)20-12-15(2)24-28-20/h7-10,12-13,19H,4-6,11H2,1-3H3/t19-/m0/s1. The van der Waals surface area contributed by atoms with Gasteiger partial charge in [0.15, 0.2) is 5.76 Å². The van der Waals surface area contributed by atoms with Gasteiger partial charge in [-0.1, -0.05) is 29.3 Å². The maximum Gasteiger partial charge on any atom is 0.243 e. The van der Waals surface area contributed by atoms with Crippen molar-refractivity contribution in [3.05, 3.63) is 59.3 Å². The van der Waals surface area contributed by atoms with Crippen LogP contribution < -0.4 is 0 Å². The summed E-state index contributed by atoms with van der Waals surface area (Å²) in [7, 11) is -3.66. The average molecular weight is 413 g/mol. The lowest BCUT2D eigenvalue weighted by atomic mass is 9.98. The first-order valence-electron chi connectivity index (χ1n) is 9.72. The smallest absolute Gasteiger partial charge is 0.243 e. The van der Waals surface area contributed by atoms with E-state index < -0.39 is 10.0 Å². The lowest BCUT2D eigenvalue weighted by Gasteiger charge is -2.35. The van der Waals surface area contributed by atoms with E-state index in [1.54, 1.807) is 29.6 Å². The topological polar surface area (TPSA) is 89.2 Å². The minimum Gasteiger partial charge on any atom is -0.356 e. The third kappa shape index (κ3) is 3.82. The number of aryl methyl sites for hydroxylation is 3. The van der Waals surface area contributed by atoms with Crippen LogP contribution in [0.4, 0.5) is 0 Å². The van der Waals surface area contributed by atoms with Crippen LogP contribution in [0.1, 0.15) is 48.1 Å². The molecule has 1 atom stereocenters. The maximum absolute atomic E-state index is 13.5. The molecule has 0 spiro atoms. The first-order chi connectivity index (χ1) is 13.9. The molecule has 1 aliphatic heterocycles. The molecule has 1 fully saturated rings. The number of aromatic nitrogens is 3. The van der Waals surface area contributed by atoms with E-state index in [2.05, 4.69) is 15.1 Å². The normalized spacial score (nSPS) is 18.1. The summed E-state index contributed by atoms with van der Waals surface area (Å²) in [5.41, 5.74) is 3.13. The Balaban J connectivity index is 1.81. The second kappa shape index (κ2) is 7.68. The third-order valence-corrected chi connectivity index (χ3v) is 7.15. The molecular weight excluding hydrogens is 388 g/mol. The average Bonchev–Trinajstić information content (AvgIpc) is 3.14. The minimum atomic E-state index is -3.66. The van der Waals surface area contributed by atoms with E-state index in [0.29, 0.717) is 40.7 Å². The van der Waals surface area contributed by atoms with Gasteiger partial charge in [-0.15, -0.1) is 0 Å². The van der Waals surface area contributed by atoms with E-state index in [-0.39, 0.29) is 6.04 Å².